The van der Waals surface area contributed by atoms with Gasteiger partial charge < -0.3 is 5.73 Å². The van der Waals surface area contributed by atoms with Crippen LogP contribution in [0, 0.1) is 0 Å². The van der Waals surface area contributed by atoms with Gasteiger partial charge in [0.1, 0.15) is 0 Å². The van der Waals surface area contributed by atoms with Crippen molar-refractivity contribution in [1.82, 2.24) is 4.72 Å². The monoisotopic (exact) mass is 296 g/mol. The fourth-order valence-electron chi connectivity index (χ4n) is 2.88. The molecule has 2 rings (SSSR count). The lowest BCUT2D eigenvalue weighted by Crippen LogP contribution is -2.47. The molecule has 1 aromatic rings. The third kappa shape index (κ3) is 3.33. The number of aryl methyl sites for hydroxylation is 1. The van der Waals surface area contributed by atoms with Crippen molar-refractivity contribution in [3.05, 3.63) is 23.8 Å². The largest absolute Gasteiger partial charge is 0.398 e. The van der Waals surface area contributed by atoms with E-state index >= 15 is 0 Å². The summed E-state index contributed by atoms with van der Waals surface area (Å²) in [5.74, 6) is 0. The van der Waals surface area contributed by atoms with Gasteiger partial charge in [0, 0.05) is 11.2 Å². The maximum Gasteiger partial charge on any atom is 0.241 e. The van der Waals surface area contributed by atoms with E-state index in [1.54, 1.807) is 18.2 Å². The van der Waals surface area contributed by atoms with Gasteiger partial charge in [0.05, 0.1) is 4.90 Å². The second-order valence-electron chi connectivity index (χ2n) is 5.94. The molecule has 0 saturated heterocycles. The van der Waals surface area contributed by atoms with Gasteiger partial charge in [-0.1, -0.05) is 32.3 Å². The highest BCUT2D eigenvalue weighted by atomic mass is 32.2. The number of nitrogen functional groups attached to an aromatic ring is 1. The van der Waals surface area contributed by atoms with E-state index < -0.39 is 10.0 Å². The number of nitrogens with one attached hydrogen (secondary N) is 1. The lowest BCUT2D eigenvalue weighted by molar-refractivity contribution is 0.294. The van der Waals surface area contributed by atoms with Gasteiger partial charge in [-0.3, -0.25) is 0 Å². The quantitative estimate of drug-likeness (QED) is 0.839. The van der Waals surface area contributed by atoms with E-state index in [2.05, 4.69) is 4.72 Å². The molecule has 5 heteroatoms. The number of sulfonamides is 1. The summed E-state index contributed by atoms with van der Waals surface area (Å²) in [6, 6.07) is 5.00. The molecular formula is C15H24N2O2S. The molecule has 1 aliphatic carbocycles. The van der Waals surface area contributed by atoms with Gasteiger partial charge in [0.2, 0.25) is 10.0 Å². The van der Waals surface area contributed by atoms with Crippen LogP contribution in [0.15, 0.2) is 23.1 Å². The highest BCUT2D eigenvalue weighted by molar-refractivity contribution is 7.89. The summed E-state index contributed by atoms with van der Waals surface area (Å²) in [4.78, 5) is 0.263. The summed E-state index contributed by atoms with van der Waals surface area (Å²) in [6.07, 6.45) is 5.95. The second-order valence-corrected chi connectivity index (χ2v) is 7.62. The predicted molar refractivity (Wildman–Crippen MR) is 82.0 cm³/mol. The summed E-state index contributed by atoms with van der Waals surface area (Å²) < 4.78 is 27.9. The van der Waals surface area contributed by atoms with Crippen molar-refractivity contribution in [3.8, 4) is 0 Å². The Kier molecular flexibility index (Phi) is 4.39. The molecule has 0 aromatic heterocycles. The average molecular weight is 296 g/mol. The zero-order valence-corrected chi connectivity index (χ0v) is 13.1. The number of anilines is 1. The van der Waals surface area contributed by atoms with Crippen LogP contribution >= 0.6 is 0 Å². The molecule has 0 atom stereocenters. The topological polar surface area (TPSA) is 72.2 Å². The Hall–Kier alpha value is -1.07. The summed E-state index contributed by atoms with van der Waals surface area (Å²) in [6.45, 7) is 3.99. The van der Waals surface area contributed by atoms with E-state index in [9.17, 15) is 8.42 Å². The Morgan fingerprint density at radius 2 is 1.90 bits per heavy atom. The fraction of sp³-hybridized carbons (Fsp3) is 0.600. The van der Waals surface area contributed by atoms with Crippen LogP contribution in [0.1, 0.15) is 51.5 Å². The normalized spacial score (nSPS) is 18.9. The van der Waals surface area contributed by atoms with Gasteiger partial charge in [-0.25, -0.2) is 13.1 Å². The Morgan fingerprint density at radius 1 is 1.25 bits per heavy atom. The van der Waals surface area contributed by atoms with E-state index in [4.69, 9.17) is 5.73 Å². The highest BCUT2D eigenvalue weighted by Gasteiger charge is 2.32. The summed E-state index contributed by atoms with van der Waals surface area (Å²) in [5, 5.41) is 0. The molecule has 0 amide bonds. The fourth-order valence-corrected chi connectivity index (χ4v) is 4.38. The Morgan fingerprint density at radius 3 is 2.45 bits per heavy atom. The van der Waals surface area contributed by atoms with Crippen LogP contribution in [-0.4, -0.2) is 14.0 Å². The lowest BCUT2D eigenvalue weighted by Gasteiger charge is -2.34. The molecular weight excluding hydrogens is 272 g/mol. The first kappa shape index (κ1) is 15.3. The number of rotatable bonds is 4. The molecule has 3 N–H and O–H groups in total. The van der Waals surface area contributed by atoms with Crippen LogP contribution in [0.3, 0.4) is 0 Å². The van der Waals surface area contributed by atoms with E-state index in [1.165, 1.54) is 6.42 Å². The van der Waals surface area contributed by atoms with Crippen molar-refractivity contribution in [3.63, 3.8) is 0 Å². The standard InChI is InChI=1S/C15H24N2O2S/c1-3-12-7-8-13(11-14(12)16)20(18,19)17-15(2)9-5-4-6-10-15/h7-8,11,17H,3-6,9-10,16H2,1-2H3. The predicted octanol–water partition coefficient (Wildman–Crippen LogP) is 2.83. The van der Waals surface area contributed by atoms with E-state index in [1.807, 2.05) is 13.8 Å². The smallest absolute Gasteiger partial charge is 0.241 e. The first-order chi connectivity index (χ1) is 9.36. The van der Waals surface area contributed by atoms with E-state index in [0.717, 1.165) is 37.7 Å². The molecule has 112 valence electrons. The van der Waals surface area contributed by atoms with Gasteiger partial charge in [0.25, 0.3) is 0 Å². The minimum Gasteiger partial charge on any atom is -0.398 e. The number of hydrogen-bond acceptors (Lipinski definition) is 3. The summed E-state index contributed by atoms with van der Waals surface area (Å²) in [5.41, 5.74) is 7.10. The Bertz CT molecular complexity index is 576. The van der Waals surface area contributed by atoms with Crippen LogP contribution in [0.4, 0.5) is 5.69 Å². The molecule has 4 nitrogen and oxygen atoms in total. The Balaban J connectivity index is 2.24. The maximum absolute atomic E-state index is 12.5. The number of hydrogen-bond donors (Lipinski definition) is 2. The van der Waals surface area contributed by atoms with Crippen LogP contribution in [0.2, 0.25) is 0 Å². The SMILES string of the molecule is CCc1ccc(S(=O)(=O)NC2(C)CCCCC2)cc1N. The molecule has 0 unspecified atom stereocenters. The highest BCUT2D eigenvalue weighted by Crippen LogP contribution is 2.29. The van der Waals surface area contributed by atoms with Gasteiger partial charge >= 0.3 is 0 Å². The minimum absolute atomic E-state index is 0.263. The van der Waals surface area contributed by atoms with E-state index in [-0.39, 0.29) is 10.4 Å². The van der Waals surface area contributed by atoms with Gasteiger partial charge in [0.15, 0.2) is 0 Å². The van der Waals surface area contributed by atoms with Crippen LogP contribution in [0.5, 0.6) is 0 Å². The van der Waals surface area contributed by atoms with Gasteiger partial charge in [-0.05, 0) is 43.9 Å². The molecule has 1 saturated carbocycles. The van der Waals surface area contributed by atoms with Crippen LogP contribution in [-0.2, 0) is 16.4 Å². The van der Waals surface area contributed by atoms with Crippen molar-refractivity contribution < 1.29 is 8.42 Å². The van der Waals surface area contributed by atoms with Crippen molar-refractivity contribution in [2.24, 2.45) is 0 Å². The zero-order chi connectivity index (χ0) is 14.8. The minimum atomic E-state index is -3.50. The Labute approximate surface area is 121 Å². The van der Waals surface area contributed by atoms with Crippen molar-refractivity contribution >= 4 is 15.7 Å². The molecule has 0 radical (unpaired) electrons. The van der Waals surface area contributed by atoms with Crippen LogP contribution < -0.4 is 10.5 Å². The third-order valence-electron chi connectivity index (χ3n) is 4.15. The molecule has 1 aromatic carbocycles. The molecule has 1 fully saturated rings. The maximum atomic E-state index is 12.5. The number of benzene rings is 1. The third-order valence-corrected chi connectivity index (χ3v) is 5.78. The van der Waals surface area contributed by atoms with Gasteiger partial charge in [-0.2, -0.15) is 0 Å². The van der Waals surface area contributed by atoms with Crippen molar-refractivity contribution in [1.29, 1.82) is 0 Å². The molecule has 20 heavy (non-hydrogen) atoms. The van der Waals surface area contributed by atoms with E-state index in [0.29, 0.717) is 5.69 Å². The molecule has 0 spiro atoms. The van der Waals surface area contributed by atoms with Crippen molar-refractivity contribution in [2.75, 3.05) is 5.73 Å². The molecule has 0 heterocycles. The van der Waals surface area contributed by atoms with Crippen molar-refractivity contribution in [2.45, 2.75) is 62.8 Å². The summed E-state index contributed by atoms with van der Waals surface area (Å²) >= 11 is 0. The number of nitrogens with two attached hydrogens (primary N) is 1. The molecule has 0 bridgehead atoms. The summed E-state index contributed by atoms with van der Waals surface area (Å²) in [7, 11) is -3.50. The molecule has 1 aliphatic rings. The lowest BCUT2D eigenvalue weighted by atomic mass is 9.84. The molecule has 0 aliphatic heterocycles. The van der Waals surface area contributed by atoms with Crippen LogP contribution in [0.25, 0.3) is 0 Å². The zero-order valence-electron chi connectivity index (χ0n) is 12.3. The first-order valence-corrected chi connectivity index (χ1v) is 8.77. The van der Waals surface area contributed by atoms with Gasteiger partial charge in [-0.15, -0.1) is 0 Å². The first-order valence-electron chi connectivity index (χ1n) is 7.29. The second kappa shape index (κ2) is 5.74. The average Bonchev–Trinajstić information content (AvgIpc) is 2.38.